The van der Waals surface area contributed by atoms with E-state index in [9.17, 15) is 9.59 Å². The lowest BCUT2D eigenvalue weighted by atomic mass is 10.0. The molecule has 220 valence electrons. The maximum Gasteiger partial charge on any atom is 0.355 e. The molecular formula is C32H34ClN3O5S. The lowest BCUT2D eigenvalue weighted by Gasteiger charge is -2.36. The Bertz CT molecular complexity index is 1550. The fraction of sp³-hybridized carbons (Fsp3) is 0.312. The highest BCUT2D eigenvalue weighted by Crippen LogP contribution is 2.44. The number of esters is 1. The zero-order valence-corrected chi connectivity index (χ0v) is 25.5. The number of fused-ring (bicyclic) bond motifs is 1. The van der Waals surface area contributed by atoms with Gasteiger partial charge in [-0.15, -0.1) is 11.8 Å². The lowest BCUT2D eigenvalue weighted by molar-refractivity contribution is -0.128. The van der Waals surface area contributed by atoms with E-state index in [0.29, 0.717) is 29.6 Å². The highest BCUT2D eigenvalue weighted by molar-refractivity contribution is 8.00. The smallest absolute Gasteiger partial charge is 0.355 e. The van der Waals surface area contributed by atoms with E-state index < -0.39 is 11.2 Å². The molecule has 4 aromatic rings. The van der Waals surface area contributed by atoms with Crippen LogP contribution in [0.5, 0.6) is 11.5 Å². The van der Waals surface area contributed by atoms with Crippen molar-refractivity contribution in [1.82, 2.24) is 9.88 Å². The quantitative estimate of drug-likeness (QED) is 0.215. The van der Waals surface area contributed by atoms with Gasteiger partial charge < -0.3 is 29.0 Å². The fourth-order valence-electron chi connectivity index (χ4n) is 5.22. The summed E-state index contributed by atoms with van der Waals surface area (Å²) in [6, 6.07) is 21.1. The highest BCUT2D eigenvalue weighted by Gasteiger charge is 2.30. The van der Waals surface area contributed by atoms with E-state index in [1.165, 1.54) is 11.8 Å². The lowest BCUT2D eigenvalue weighted by Crippen LogP contribution is -2.49. The monoisotopic (exact) mass is 607 g/mol. The van der Waals surface area contributed by atoms with Crippen LogP contribution in [0.1, 0.15) is 33.8 Å². The van der Waals surface area contributed by atoms with Crippen molar-refractivity contribution in [2.75, 3.05) is 57.7 Å². The summed E-state index contributed by atoms with van der Waals surface area (Å²) in [5.74, 6) is 1.28. The molecule has 42 heavy (non-hydrogen) atoms. The van der Waals surface area contributed by atoms with Crippen molar-refractivity contribution in [2.24, 2.45) is 0 Å². The highest BCUT2D eigenvalue weighted by atomic mass is 35.5. The summed E-state index contributed by atoms with van der Waals surface area (Å²) in [5, 5.41) is 0.960. The number of aromatic amines is 1. The Balaban J connectivity index is 1.40. The van der Waals surface area contributed by atoms with E-state index in [2.05, 4.69) is 9.88 Å². The Morgan fingerprint density at radius 2 is 1.64 bits per heavy atom. The second-order valence-electron chi connectivity index (χ2n) is 9.82. The van der Waals surface area contributed by atoms with Gasteiger partial charge in [0.05, 0.1) is 31.8 Å². The van der Waals surface area contributed by atoms with Crippen molar-refractivity contribution in [3.05, 3.63) is 88.6 Å². The first-order chi connectivity index (χ1) is 20.4. The molecule has 10 heteroatoms. The Kier molecular flexibility index (Phi) is 9.49. The number of ether oxygens (including phenoxy) is 3. The Morgan fingerprint density at radius 3 is 2.31 bits per heavy atom. The number of aromatic nitrogens is 1. The Morgan fingerprint density at radius 1 is 0.952 bits per heavy atom. The molecule has 1 saturated heterocycles. The second-order valence-corrected chi connectivity index (χ2v) is 11.3. The molecule has 1 unspecified atom stereocenters. The van der Waals surface area contributed by atoms with Crippen LogP contribution in [-0.4, -0.2) is 74.5 Å². The number of anilines is 1. The van der Waals surface area contributed by atoms with Gasteiger partial charge in [-0.05, 0) is 61.0 Å². The average Bonchev–Trinajstić information content (AvgIpc) is 3.41. The Hall–Kier alpha value is -3.82. The molecule has 0 aliphatic carbocycles. The topological polar surface area (TPSA) is 84.1 Å². The first kappa shape index (κ1) is 29.7. The third-order valence-corrected chi connectivity index (χ3v) is 9.00. The summed E-state index contributed by atoms with van der Waals surface area (Å²) in [7, 11) is 3.26. The molecule has 2 heterocycles. The molecule has 1 atom stereocenters. The zero-order chi connectivity index (χ0) is 29.6. The molecular weight excluding hydrogens is 574 g/mol. The molecule has 0 radical (unpaired) electrons. The maximum atomic E-state index is 13.5. The van der Waals surface area contributed by atoms with Gasteiger partial charge in [0.15, 0.2) is 0 Å². The molecule has 1 aliphatic heterocycles. The SMILES string of the molecule is CCOC(=O)c1[nH]c2ccc(OC)cc2c1C(SCC(=O)N1CCN(c2ccc(OC)cc2)CC1)c1ccccc1Cl. The summed E-state index contributed by atoms with van der Waals surface area (Å²) >= 11 is 8.18. The molecule has 0 saturated carbocycles. The number of carbonyl (C=O) groups excluding carboxylic acids is 2. The van der Waals surface area contributed by atoms with E-state index in [1.807, 2.05) is 71.6 Å². The third kappa shape index (κ3) is 6.32. The number of nitrogens with zero attached hydrogens (tertiary/aromatic N) is 2. The van der Waals surface area contributed by atoms with Gasteiger partial charge in [-0.25, -0.2) is 4.79 Å². The van der Waals surface area contributed by atoms with Crippen LogP contribution in [0.15, 0.2) is 66.7 Å². The number of amides is 1. The van der Waals surface area contributed by atoms with Gasteiger partial charge in [0, 0.05) is 53.4 Å². The van der Waals surface area contributed by atoms with Crippen molar-refractivity contribution < 1.29 is 23.8 Å². The first-order valence-electron chi connectivity index (χ1n) is 13.8. The summed E-state index contributed by atoms with van der Waals surface area (Å²) in [6.07, 6.45) is 0. The van der Waals surface area contributed by atoms with Crippen LogP contribution in [0.3, 0.4) is 0 Å². The second kappa shape index (κ2) is 13.4. The molecule has 0 spiro atoms. The van der Waals surface area contributed by atoms with E-state index in [-0.39, 0.29) is 18.3 Å². The summed E-state index contributed by atoms with van der Waals surface area (Å²) < 4.78 is 16.2. The first-order valence-corrected chi connectivity index (χ1v) is 15.3. The van der Waals surface area contributed by atoms with Crippen LogP contribution < -0.4 is 14.4 Å². The van der Waals surface area contributed by atoms with Gasteiger partial charge in [-0.2, -0.15) is 0 Å². The number of H-pyrrole nitrogens is 1. The number of thioether (sulfide) groups is 1. The van der Waals surface area contributed by atoms with E-state index in [1.54, 1.807) is 21.1 Å². The van der Waals surface area contributed by atoms with Crippen LogP contribution >= 0.6 is 23.4 Å². The van der Waals surface area contributed by atoms with Gasteiger partial charge in [0.25, 0.3) is 0 Å². The number of piperazine rings is 1. The molecule has 8 nitrogen and oxygen atoms in total. The van der Waals surface area contributed by atoms with Crippen molar-refractivity contribution >= 4 is 51.8 Å². The summed E-state index contributed by atoms with van der Waals surface area (Å²) in [6.45, 7) is 4.75. The number of methoxy groups -OCH3 is 2. The number of nitrogens with one attached hydrogen (secondary N) is 1. The van der Waals surface area contributed by atoms with Crippen molar-refractivity contribution in [2.45, 2.75) is 12.2 Å². The zero-order valence-electron chi connectivity index (χ0n) is 23.9. The molecule has 1 amide bonds. The fourth-order valence-corrected chi connectivity index (χ4v) is 6.82. The van der Waals surface area contributed by atoms with Gasteiger partial charge >= 0.3 is 5.97 Å². The van der Waals surface area contributed by atoms with Gasteiger partial charge in [0.1, 0.15) is 17.2 Å². The van der Waals surface area contributed by atoms with Crippen LogP contribution in [0.2, 0.25) is 5.02 Å². The Labute approximate surface area is 254 Å². The molecule has 5 rings (SSSR count). The predicted octanol–water partition coefficient (Wildman–Crippen LogP) is 6.19. The average molecular weight is 608 g/mol. The predicted molar refractivity (Wildman–Crippen MR) is 168 cm³/mol. The molecule has 1 aliphatic rings. The number of hydrogen-bond acceptors (Lipinski definition) is 7. The van der Waals surface area contributed by atoms with Crippen LogP contribution in [0.25, 0.3) is 10.9 Å². The number of rotatable bonds is 10. The van der Waals surface area contributed by atoms with Crippen molar-refractivity contribution in [3.63, 3.8) is 0 Å². The van der Waals surface area contributed by atoms with Gasteiger partial charge in [0.2, 0.25) is 5.91 Å². The van der Waals surface area contributed by atoms with E-state index in [4.69, 9.17) is 25.8 Å². The molecule has 1 fully saturated rings. The van der Waals surface area contributed by atoms with E-state index >= 15 is 0 Å². The minimum absolute atomic E-state index is 0.0431. The molecule has 1 N–H and O–H groups in total. The number of halogens is 1. The number of carbonyl (C=O) groups is 2. The normalized spacial score (nSPS) is 14.1. The maximum absolute atomic E-state index is 13.5. The number of hydrogen-bond donors (Lipinski definition) is 1. The molecule has 0 bridgehead atoms. The summed E-state index contributed by atoms with van der Waals surface area (Å²) in [5.41, 5.74) is 3.76. The molecule has 3 aromatic carbocycles. The van der Waals surface area contributed by atoms with Gasteiger partial charge in [-0.1, -0.05) is 29.8 Å². The minimum atomic E-state index is -0.457. The van der Waals surface area contributed by atoms with Crippen LogP contribution in [-0.2, 0) is 9.53 Å². The van der Waals surface area contributed by atoms with Crippen molar-refractivity contribution in [3.8, 4) is 11.5 Å². The van der Waals surface area contributed by atoms with Gasteiger partial charge in [-0.3, -0.25) is 4.79 Å². The van der Waals surface area contributed by atoms with Crippen molar-refractivity contribution in [1.29, 1.82) is 0 Å². The minimum Gasteiger partial charge on any atom is -0.497 e. The van der Waals surface area contributed by atoms with Crippen LogP contribution in [0.4, 0.5) is 5.69 Å². The van der Waals surface area contributed by atoms with Crippen LogP contribution in [0, 0.1) is 0 Å². The van der Waals surface area contributed by atoms with E-state index in [0.717, 1.165) is 46.6 Å². The standard InChI is InChI=1S/C32H34ClN3O5S/c1-4-41-32(38)30-29(25-19-23(40-3)13-14-27(25)34-30)31(24-7-5-6-8-26(24)33)42-20-28(37)36-17-15-35(16-18-36)21-9-11-22(39-2)12-10-21/h5-14,19,31,34H,4,15-18,20H2,1-3H3. The summed E-state index contributed by atoms with van der Waals surface area (Å²) in [4.78, 5) is 34.1. The number of benzene rings is 3. The third-order valence-electron chi connectivity index (χ3n) is 7.42. The largest absolute Gasteiger partial charge is 0.497 e. The molecule has 1 aromatic heterocycles.